The number of aromatic hydroxyl groups is 1. The van der Waals surface area contributed by atoms with Crippen molar-refractivity contribution in [3.05, 3.63) is 89.9 Å². The van der Waals surface area contributed by atoms with Crippen LogP contribution in [0.25, 0.3) is 11.4 Å². The lowest BCUT2D eigenvalue weighted by Crippen LogP contribution is -2.31. The molecule has 1 amide bonds. The zero-order chi connectivity index (χ0) is 23.7. The number of allylic oxidation sites excluding steroid dienone is 1. The van der Waals surface area contributed by atoms with Crippen molar-refractivity contribution in [2.45, 2.75) is 13.0 Å². The average Bonchev–Trinajstić information content (AvgIpc) is 3.28. The van der Waals surface area contributed by atoms with E-state index in [0.29, 0.717) is 34.5 Å². The van der Waals surface area contributed by atoms with Gasteiger partial charge in [-0.05, 0) is 48.9 Å². The van der Waals surface area contributed by atoms with Crippen molar-refractivity contribution < 1.29 is 14.6 Å². The topological polar surface area (TPSA) is 114 Å². The van der Waals surface area contributed by atoms with E-state index >= 15 is 0 Å². The molecule has 1 unspecified atom stereocenters. The first kappa shape index (κ1) is 21.2. The number of hydrogen-bond donors (Lipinski definition) is 3. The third kappa shape index (κ3) is 3.95. The summed E-state index contributed by atoms with van der Waals surface area (Å²) in [7, 11) is 1.60. The van der Waals surface area contributed by atoms with Crippen LogP contribution in [0.1, 0.15) is 18.5 Å². The van der Waals surface area contributed by atoms with E-state index in [2.05, 4.69) is 20.6 Å². The van der Waals surface area contributed by atoms with E-state index in [4.69, 9.17) is 9.84 Å². The summed E-state index contributed by atoms with van der Waals surface area (Å²) in [4.78, 5) is 22.2. The molecule has 3 heterocycles. The first-order valence-electron chi connectivity index (χ1n) is 10.6. The number of benzene rings is 2. The van der Waals surface area contributed by atoms with Gasteiger partial charge >= 0.3 is 0 Å². The maximum absolute atomic E-state index is 13.4. The predicted octanol–water partition coefficient (Wildman–Crippen LogP) is 3.98. The number of phenolic OH excluding ortho intramolecular Hbond substituents is 1. The Morgan fingerprint density at radius 3 is 2.71 bits per heavy atom. The van der Waals surface area contributed by atoms with Crippen molar-refractivity contribution in [3.8, 4) is 22.9 Å². The van der Waals surface area contributed by atoms with Gasteiger partial charge in [0.05, 0.1) is 24.6 Å². The van der Waals surface area contributed by atoms with Crippen LogP contribution in [-0.2, 0) is 4.79 Å². The van der Waals surface area contributed by atoms with E-state index in [9.17, 15) is 9.90 Å². The van der Waals surface area contributed by atoms with Crippen LogP contribution in [0.2, 0.25) is 0 Å². The molecule has 1 aliphatic rings. The first-order valence-corrected chi connectivity index (χ1v) is 10.6. The van der Waals surface area contributed by atoms with Gasteiger partial charge in [0.1, 0.15) is 17.5 Å². The van der Waals surface area contributed by atoms with Crippen molar-refractivity contribution in [1.82, 2.24) is 19.7 Å². The number of methoxy groups -OCH3 is 1. The minimum Gasteiger partial charge on any atom is -0.508 e. The van der Waals surface area contributed by atoms with E-state index in [0.717, 1.165) is 11.1 Å². The molecule has 0 spiro atoms. The highest BCUT2D eigenvalue weighted by Gasteiger charge is 2.34. The van der Waals surface area contributed by atoms with E-state index < -0.39 is 6.04 Å². The molecule has 2 aromatic heterocycles. The van der Waals surface area contributed by atoms with Gasteiger partial charge in [0.15, 0.2) is 5.82 Å². The fourth-order valence-electron chi connectivity index (χ4n) is 3.93. The number of ether oxygens (including phenoxy) is 1. The number of anilines is 2. The van der Waals surface area contributed by atoms with Gasteiger partial charge in [-0.2, -0.15) is 4.98 Å². The average molecular weight is 454 g/mol. The molecule has 34 heavy (non-hydrogen) atoms. The number of amides is 1. The van der Waals surface area contributed by atoms with Crippen LogP contribution in [-0.4, -0.2) is 37.9 Å². The van der Waals surface area contributed by atoms with Gasteiger partial charge in [0, 0.05) is 17.5 Å². The molecule has 170 valence electrons. The highest BCUT2D eigenvalue weighted by Crippen LogP contribution is 2.37. The smallest absolute Gasteiger partial charge is 0.255 e. The molecule has 0 saturated carbocycles. The van der Waals surface area contributed by atoms with E-state index in [1.54, 1.807) is 60.6 Å². The second kappa shape index (κ2) is 8.70. The molecule has 0 radical (unpaired) electrons. The molecule has 1 atom stereocenters. The summed E-state index contributed by atoms with van der Waals surface area (Å²) in [5.41, 5.74) is 3.27. The van der Waals surface area contributed by atoms with Crippen LogP contribution >= 0.6 is 0 Å². The van der Waals surface area contributed by atoms with E-state index in [1.165, 1.54) is 0 Å². The van der Waals surface area contributed by atoms with Crippen LogP contribution < -0.4 is 15.4 Å². The summed E-state index contributed by atoms with van der Waals surface area (Å²) in [6.07, 6.45) is 3.23. The monoisotopic (exact) mass is 454 g/mol. The lowest BCUT2D eigenvalue weighted by atomic mass is 9.95. The molecule has 0 saturated heterocycles. The predicted molar refractivity (Wildman–Crippen MR) is 127 cm³/mol. The molecule has 0 aliphatic carbocycles. The van der Waals surface area contributed by atoms with Crippen molar-refractivity contribution in [2.75, 3.05) is 17.7 Å². The number of phenols is 1. The van der Waals surface area contributed by atoms with Crippen molar-refractivity contribution >= 4 is 17.5 Å². The number of rotatable bonds is 5. The summed E-state index contributed by atoms with van der Waals surface area (Å²) >= 11 is 0. The van der Waals surface area contributed by atoms with Crippen LogP contribution in [0.4, 0.5) is 11.6 Å². The number of aromatic nitrogens is 4. The molecule has 1 aliphatic heterocycles. The summed E-state index contributed by atoms with van der Waals surface area (Å²) < 4.78 is 7.02. The number of pyridine rings is 1. The largest absolute Gasteiger partial charge is 0.508 e. The molecule has 0 bridgehead atoms. The number of carbonyl (C=O) groups excluding carboxylic acids is 1. The van der Waals surface area contributed by atoms with Gasteiger partial charge in [-0.25, -0.2) is 4.68 Å². The molecule has 9 nitrogen and oxygen atoms in total. The number of nitrogens with one attached hydrogen (secondary N) is 2. The standard InChI is InChI=1S/C25H22N6O3/c1-15-21(24(33)28-18-6-4-12-26-14-18)22(16-8-10-19(32)11-9-16)31-25(27-15)29-23(30-31)17-5-3-7-20(13-17)34-2/h3-14,22,32H,1-2H3,(H,28,33)(H,27,29,30). The Balaban J connectivity index is 1.60. The molecular formula is C25H22N6O3. The number of fused-ring (bicyclic) bond motifs is 1. The highest BCUT2D eigenvalue weighted by molar-refractivity contribution is 6.05. The fraction of sp³-hybridized carbons (Fsp3) is 0.120. The Labute approximate surface area is 195 Å². The lowest BCUT2D eigenvalue weighted by Gasteiger charge is -2.28. The first-order chi connectivity index (χ1) is 16.5. The third-order valence-electron chi connectivity index (χ3n) is 5.55. The zero-order valence-electron chi connectivity index (χ0n) is 18.6. The zero-order valence-corrected chi connectivity index (χ0v) is 18.6. The minimum atomic E-state index is -0.569. The lowest BCUT2D eigenvalue weighted by molar-refractivity contribution is -0.113. The van der Waals surface area contributed by atoms with Gasteiger partial charge in [0.2, 0.25) is 5.95 Å². The Bertz CT molecular complexity index is 1380. The van der Waals surface area contributed by atoms with E-state index in [1.807, 2.05) is 31.2 Å². The molecule has 3 N–H and O–H groups in total. The molecular weight excluding hydrogens is 432 g/mol. The minimum absolute atomic E-state index is 0.135. The number of carbonyl (C=O) groups is 1. The van der Waals surface area contributed by atoms with Crippen LogP contribution in [0.3, 0.4) is 0 Å². The summed E-state index contributed by atoms with van der Waals surface area (Å²) in [5.74, 6) is 1.54. The van der Waals surface area contributed by atoms with Crippen LogP contribution in [0.5, 0.6) is 11.5 Å². The molecule has 5 rings (SSSR count). The van der Waals surface area contributed by atoms with Crippen molar-refractivity contribution in [1.29, 1.82) is 0 Å². The van der Waals surface area contributed by atoms with Crippen molar-refractivity contribution in [2.24, 2.45) is 0 Å². The Hall–Kier alpha value is -4.66. The molecule has 0 fully saturated rings. The fourth-order valence-corrected chi connectivity index (χ4v) is 3.93. The van der Waals surface area contributed by atoms with Crippen molar-refractivity contribution in [3.63, 3.8) is 0 Å². The second-order valence-corrected chi connectivity index (χ2v) is 7.79. The van der Waals surface area contributed by atoms with Gasteiger partial charge in [-0.1, -0.05) is 24.3 Å². The number of nitrogens with zero attached hydrogens (tertiary/aromatic N) is 4. The van der Waals surface area contributed by atoms with Gasteiger partial charge < -0.3 is 20.5 Å². The molecule has 4 aromatic rings. The SMILES string of the molecule is COc1cccc(-c2nc3n(n2)C(c2ccc(O)cc2)C(C(=O)Nc2cccnc2)=C(C)N3)c1. The second-order valence-electron chi connectivity index (χ2n) is 7.79. The van der Waals surface area contributed by atoms with E-state index in [-0.39, 0.29) is 11.7 Å². The van der Waals surface area contributed by atoms with Crippen LogP contribution in [0.15, 0.2) is 84.3 Å². The number of hydrogen-bond acceptors (Lipinski definition) is 7. The van der Waals surface area contributed by atoms with Gasteiger partial charge in [-0.3, -0.25) is 9.78 Å². The summed E-state index contributed by atoms with van der Waals surface area (Å²) in [5, 5.41) is 20.7. The van der Waals surface area contributed by atoms with Gasteiger partial charge in [-0.15, -0.1) is 5.10 Å². The molecule has 9 heteroatoms. The highest BCUT2D eigenvalue weighted by atomic mass is 16.5. The molecule has 2 aromatic carbocycles. The summed E-state index contributed by atoms with van der Waals surface area (Å²) in [6.45, 7) is 1.83. The third-order valence-corrected chi connectivity index (χ3v) is 5.55. The Morgan fingerprint density at radius 2 is 1.97 bits per heavy atom. The van der Waals surface area contributed by atoms with Crippen LogP contribution in [0, 0.1) is 0 Å². The Kier molecular flexibility index (Phi) is 5.43. The maximum atomic E-state index is 13.4. The quantitative estimate of drug-likeness (QED) is 0.418. The normalized spacial score (nSPS) is 14.8. The summed E-state index contributed by atoms with van der Waals surface area (Å²) in [6, 6.07) is 17.1. The Morgan fingerprint density at radius 1 is 1.15 bits per heavy atom. The maximum Gasteiger partial charge on any atom is 0.255 e. The van der Waals surface area contributed by atoms with Gasteiger partial charge in [0.25, 0.3) is 5.91 Å².